The number of esters is 4. The van der Waals surface area contributed by atoms with Crippen LogP contribution in [0.15, 0.2) is 0 Å². The van der Waals surface area contributed by atoms with Crippen LogP contribution in [-0.4, -0.2) is 96.7 Å². The molecule has 0 spiro atoms. The lowest BCUT2D eigenvalue weighted by molar-refractivity contribution is -0.161. The van der Waals surface area contributed by atoms with E-state index in [4.69, 9.17) is 37.0 Å². The monoisotopic (exact) mass is 1540 g/mol. The smallest absolute Gasteiger partial charge is 0.462 e. The summed E-state index contributed by atoms with van der Waals surface area (Å²) in [6.45, 7) is 9.62. The van der Waals surface area contributed by atoms with E-state index < -0.39 is 97.5 Å². The van der Waals surface area contributed by atoms with E-state index in [0.717, 1.165) is 102 Å². The molecule has 0 aliphatic heterocycles. The van der Waals surface area contributed by atoms with Crippen LogP contribution < -0.4 is 0 Å². The van der Waals surface area contributed by atoms with E-state index in [9.17, 15) is 43.2 Å². The van der Waals surface area contributed by atoms with Gasteiger partial charge in [0.2, 0.25) is 0 Å². The van der Waals surface area contributed by atoms with E-state index in [1.165, 1.54) is 276 Å². The maximum absolute atomic E-state index is 13.1. The van der Waals surface area contributed by atoms with Crippen molar-refractivity contribution in [1.29, 1.82) is 0 Å². The van der Waals surface area contributed by atoms with Gasteiger partial charge in [-0.15, -0.1) is 0 Å². The van der Waals surface area contributed by atoms with Crippen LogP contribution in [0.4, 0.5) is 0 Å². The molecule has 624 valence electrons. The number of ether oxygens (including phenoxy) is 4. The number of carbonyl (C=O) groups is 4. The number of hydrogen-bond acceptors (Lipinski definition) is 15. The zero-order valence-corrected chi connectivity index (χ0v) is 70.8. The highest BCUT2D eigenvalue weighted by Crippen LogP contribution is 2.45. The lowest BCUT2D eigenvalue weighted by Crippen LogP contribution is -2.30. The first-order chi connectivity index (χ1) is 50.9. The van der Waals surface area contributed by atoms with Gasteiger partial charge in [0.15, 0.2) is 12.2 Å². The maximum atomic E-state index is 13.1. The van der Waals surface area contributed by atoms with Crippen LogP contribution in [-0.2, 0) is 65.4 Å². The van der Waals surface area contributed by atoms with Crippen LogP contribution >= 0.6 is 15.6 Å². The summed E-state index contributed by atoms with van der Waals surface area (Å²) >= 11 is 0. The molecule has 0 saturated carbocycles. The van der Waals surface area contributed by atoms with Gasteiger partial charge in [-0.3, -0.25) is 37.3 Å². The Morgan fingerprint density at radius 1 is 0.257 bits per heavy atom. The molecule has 0 amide bonds. The van der Waals surface area contributed by atoms with Crippen LogP contribution in [0.3, 0.4) is 0 Å². The summed E-state index contributed by atoms with van der Waals surface area (Å²) in [5, 5.41) is 10.7. The van der Waals surface area contributed by atoms with Crippen molar-refractivity contribution < 1.29 is 80.2 Å². The normalized spacial score (nSPS) is 13.8. The third-order valence-corrected chi connectivity index (χ3v) is 22.1. The van der Waals surface area contributed by atoms with E-state index in [-0.39, 0.29) is 25.7 Å². The predicted molar refractivity (Wildman–Crippen MR) is 432 cm³/mol. The summed E-state index contributed by atoms with van der Waals surface area (Å²) in [4.78, 5) is 73.2. The molecule has 0 aromatic heterocycles. The average molecular weight is 1540 g/mol. The molecule has 105 heavy (non-hydrogen) atoms. The van der Waals surface area contributed by atoms with Crippen molar-refractivity contribution in [2.75, 3.05) is 39.6 Å². The van der Waals surface area contributed by atoms with E-state index in [1.807, 2.05) is 0 Å². The van der Waals surface area contributed by atoms with Crippen LogP contribution in [0.1, 0.15) is 459 Å². The van der Waals surface area contributed by atoms with Crippen molar-refractivity contribution >= 4 is 39.5 Å². The van der Waals surface area contributed by atoms with Crippen molar-refractivity contribution in [3.8, 4) is 0 Å². The van der Waals surface area contributed by atoms with Gasteiger partial charge in [0.1, 0.15) is 19.3 Å². The van der Waals surface area contributed by atoms with Crippen molar-refractivity contribution in [2.45, 2.75) is 477 Å². The molecule has 0 bridgehead atoms. The lowest BCUT2D eigenvalue weighted by atomic mass is 10.0. The van der Waals surface area contributed by atoms with Gasteiger partial charge in [-0.05, 0) is 37.5 Å². The Morgan fingerprint density at radius 2 is 0.438 bits per heavy atom. The molecule has 19 heteroatoms. The van der Waals surface area contributed by atoms with Crippen molar-refractivity contribution in [3.63, 3.8) is 0 Å². The molecule has 5 atom stereocenters. The third kappa shape index (κ3) is 79.9. The van der Waals surface area contributed by atoms with Gasteiger partial charge in [-0.1, -0.05) is 408 Å². The molecule has 0 saturated heterocycles. The van der Waals surface area contributed by atoms with E-state index >= 15 is 0 Å². The van der Waals surface area contributed by atoms with E-state index in [2.05, 4.69) is 41.5 Å². The molecule has 17 nitrogen and oxygen atoms in total. The summed E-state index contributed by atoms with van der Waals surface area (Å²) in [6.07, 6.45) is 69.7. The van der Waals surface area contributed by atoms with Crippen LogP contribution in [0.2, 0.25) is 0 Å². The molecule has 0 aliphatic rings. The average Bonchev–Trinajstić information content (AvgIpc) is 0.913. The minimum atomic E-state index is -4.97. The molecule has 0 radical (unpaired) electrons. The molecule has 0 aromatic carbocycles. The van der Waals surface area contributed by atoms with Gasteiger partial charge in [0, 0.05) is 25.7 Å². The fourth-order valence-corrected chi connectivity index (χ4v) is 15.0. The van der Waals surface area contributed by atoms with Crippen molar-refractivity contribution in [1.82, 2.24) is 0 Å². The molecule has 0 aromatic rings. The lowest BCUT2D eigenvalue weighted by Gasteiger charge is -2.21. The Hall–Kier alpha value is -1.94. The number of aliphatic hydroxyl groups is 1. The van der Waals surface area contributed by atoms with Crippen LogP contribution in [0.25, 0.3) is 0 Å². The zero-order valence-electron chi connectivity index (χ0n) is 69.0. The number of hydrogen-bond donors (Lipinski definition) is 3. The van der Waals surface area contributed by atoms with Crippen molar-refractivity contribution in [2.24, 2.45) is 11.8 Å². The van der Waals surface area contributed by atoms with E-state index in [0.29, 0.717) is 25.7 Å². The second-order valence-corrected chi connectivity index (χ2v) is 34.8. The fraction of sp³-hybridized carbons (Fsp3) is 0.953. The largest absolute Gasteiger partial charge is 0.472 e. The summed E-state index contributed by atoms with van der Waals surface area (Å²) in [7, 11) is -9.93. The maximum Gasteiger partial charge on any atom is 0.472 e. The Balaban J connectivity index is 5.22. The minimum absolute atomic E-state index is 0.105. The number of unbranched alkanes of at least 4 members (excludes halogenated alkanes) is 55. The Bertz CT molecular complexity index is 2010. The number of carbonyl (C=O) groups excluding carboxylic acids is 4. The molecular formula is C86H168O17P2. The zero-order chi connectivity index (χ0) is 77.1. The van der Waals surface area contributed by atoms with Gasteiger partial charge in [0.25, 0.3) is 0 Å². The first-order valence-corrected chi connectivity index (χ1v) is 47.5. The van der Waals surface area contributed by atoms with Gasteiger partial charge in [-0.2, -0.15) is 0 Å². The van der Waals surface area contributed by atoms with E-state index in [1.54, 1.807) is 0 Å². The summed E-state index contributed by atoms with van der Waals surface area (Å²) in [6, 6.07) is 0. The Labute approximate surface area is 645 Å². The topological polar surface area (TPSA) is 237 Å². The Morgan fingerprint density at radius 3 is 0.648 bits per heavy atom. The number of rotatable bonds is 85. The summed E-state index contributed by atoms with van der Waals surface area (Å²) in [5.74, 6) is -0.625. The molecule has 0 fully saturated rings. The highest BCUT2D eigenvalue weighted by atomic mass is 31.2. The van der Waals surface area contributed by atoms with Gasteiger partial charge in [-0.25, -0.2) is 9.13 Å². The van der Waals surface area contributed by atoms with Crippen LogP contribution in [0.5, 0.6) is 0 Å². The third-order valence-electron chi connectivity index (χ3n) is 20.2. The quantitative estimate of drug-likeness (QED) is 0.0222. The first kappa shape index (κ1) is 103. The highest BCUT2D eigenvalue weighted by Gasteiger charge is 2.30. The minimum Gasteiger partial charge on any atom is -0.462 e. The predicted octanol–water partition coefficient (Wildman–Crippen LogP) is 26.2. The molecule has 2 unspecified atom stereocenters. The van der Waals surface area contributed by atoms with Crippen molar-refractivity contribution in [3.05, 3.63) is 0 Å². The number of aliphatic hydroxyl groups excluding tert-OH is 1. The fourth-order valence-electron chi connectivity index (χ4n) is 13.4. The standard InChI is InChI=1S/C86H168O17P2/c1-7-9-11-13-15-17-19-21-23-25-27-29-31-33-35-37-39-45-52-58-64-70-85(90)102-81(74-96-83(88)68-62-56-50-44-38-36-34-32-30-28-26-24-22-20-18-16-14-12-10-8-2)76-100-104(92,93)98-72-80(87)73-99-105(94,95)101-77-82(103-86(91)71-65-59-53-47-41-43-49-55-61-67-79(5)6)75-97-84(89)69-63-57-51-46-40-42-48-54-60-66-78(3)4/h78-82,87H,7-77H2,1-6H3,(H,92,93)(H,94,95)/t80-,81-,82-/m1/s1. The second-order valence-electron chi connectivity index (χ2n) is 31.9. The summed E-state index contributed by atoms with van der Waals surface area (Å²) in [5.41, 5.74) is 0. The highest BCUT2D eigenvalue weighted by molar-refractivity contribution is 7.47. The van der Waals surface area contributed by atoms with Gasteiger partial charge >= 0.3 is 39.5 Å². The van der Waals surface area contributed by atoms with Gasteiger partial charge < -0.3 is 33.8 Å². The molecule has 3 N–H and O–H groups in total. The SMILES string of the molecule is CCCCCCCCCCCCCCCCCCCCCCCC(=O)O[C@H](COC(=O)CCCCCCCCCCCCCCCCCCCCCC)COP(=O)(O)OC[C@@H](O)COP(=O)(O)OC[C@@H](COC(=O)CCCCCCCCCCCC(C)C)OC(=O)CCCCCCCCCCCC(C)C. The first-order valence-electron chi connectivity index (χ1n) is 44.5. The Kier molecular flexibility index (Phi) is 76.0. The molecule has 0 heterocycles. The number of phosphoric ester groups is 2. The molecule has 0 rings (SSSR count). The second kappa shape index (κ2) is 77.4. The van der Waals surface area contributed by atoms with Gasteiger partial charge in [0.05, 0.1) is 26.4 Å². The summed E-state index contributed by atoms with van der Waals surface area (Å²) < 4.78 is 68.9. The van der Waals surface area contributed by atoms with Crippen LogP contribution in [0, 0.1) is 11.8 Å². The molecule has 0 aliphatic carbocycles. The number of phosphoric acid groups is 2. The molecular weight excluding hydrogens is 1370 g/mol.